The zero-order valence-corrected chi connectivity index (χ0v) is 17.6. The highest BCUT2D eigenvalue weighted by Crippen LogP contribution is 2.34. The van der Waals surface area contributed by atoms with Crippen LogP contribution in [0.3, 0.4) is 0 Å². The van der Waals surface area contributed by atoms with Gasteiger partial charge in [-0.15, -0.1) is 11.3 Å². The number of carbonyl (C=O) groups excluding carboxylic acids is 1. The molecule has 0 N–H and O–H groups in total. The van der Waals surface area contributed by atoms with E-state index in [1.54, 1.807) is 11.3 Å². The van der Waals surface area contributed by atoms with Crippen LogP contribution in [-0.2, 0) is 17.8 Å². The summed E-state index contributed by atoms with van der Waals surface area (Å²) in [4.78, 5) is 20.1. The van der Waals surface area contributed by atoms with Gasteiger partial charge in [0.05, 0.1) is 12.1 Å². The Morgan fingerprint density at radius 1 is 1.07 bits per heavy atom. The molecule has 1 fully saturated rings. The van der Waals surface area contributed by atoms with Crippen LogP contribution in [-0.4, -0.2) is 28.6 Å². The van der Waals surface area contributed by atoms with Crippen molar-refractivity contribution in [2.24, 2.45) is 0 Å². The monoisotopic (exact) mass is 420 g/mol. The van der Waals surface area contributed by atoms with Crippen LogP contribution in [0.2, 0.25) is 0 Å². The van der Waals surface area contributed by atoms with Crippen molar-refractivity contribution in [3.05, 3.63) is 65.2 Å². The first-order valence-electron chi connectivity index (χ1n) is 10.4. The molecule has 6 heteroatoms. The molecule has 1 aliphatic heterocycles. The lowest BCUT2D eigenvalue weighted by atomic mass is 10.1. The fraction of sp³-hybridized carbons (Fsp3) is 0.333. The lowest BCUT2D eigenvalue weighted by molar-refractivity contribution is -0.133. The summed E-state index contributed by atoms with van der Waals surface area (Å²) in [5.41, 5.74) is 3.01. The van der Waals surface area contributed by atoms with Crippen molar-refractivity contribution in [3.8, 4) is 22.1 Å². The SMILES string of the molecule is O=C(Cc1csc(-c2ccccc2)n1)N(Cc1ccc2c(c1)OCO2)C1CCCC1. The minimum atomic E-state index is 0.143. The second-order valence-electron chi connectivity index (χ2n) is 7.83. The Kier molecular flexibility index (Phi) is 5.41. The lowest BCUT2D eigenvalue weighted by Gasteiger charge is -2.29. The zero-order valence-electron chi connectivity index (χ0n) is 16.8. The Morgan fingerprint density at radius 3 is 2.70 bits per heavy atom. The van der Waals surface area contributed by atoms with Gasteiger partial charge in [-0.3, -0.25) is 4.79 Å². The average Bonchev–Trinajstić information content (AvgIpc) is 3.53. The number of hydrogen-bond acceptors (Lipinski definition) is 5. The predicted octanol–water partition coefficient (Wildman–Crippen LogP) is 5.05. The highest BCUT2D eigenvalue weighted by atomic mass is 32.1. The number of amides is 1. The van der Waals surface area contributed by atoms with Crippen LogP contribution in [0.1, 0.15) is 36.9 Å². The molecule has 0 atom stereocenters. The van der Waals surface area contributed by atoms with Crippen LogP contribution in [0.15, 0.2) is 53.9 Å². The molecule has 5 rings (SSSR count). The highest BCUT2D eigenvalue weighted by Gasteiger charge is 2.28. The fourth-order valence-electron chi connectivity index (χ4n) is 4.23. The van der Waals surface area contributed by atoms with Crippen molar-refractivity contribution in [1.82, 2.24) is 9.88 Å². The third-order valence-electron chi connectivity index (χ3n) is 5.78. The van der Waals surface area contributed by atoms with Crippen molar-refractivity contribution in [2.45, 2.75) is 44.7 Å². The van der Waals surface area contributed by atoms with Crippen LogP contribution < -0.4 is 9.47 Å². The molecular formula is C24H24N2O3S. The maximum atomic E-state index is 13.3. The van der Waals surface area contributed by atoms with Gasteiger partial charge < -0.3 is 14.4 Å². The van der Waals surface area contributed by atoms with E-state index in [1.165, 1.54) is 12.8 Å². The van der Waals surface area contributed by atoms with Crippen molar-refractivity contribution < 1.29 is 14.3 Å². The summed E-state index contributed by atoms with van der Waals surface area (Å²) in [6.45, 7) is 0.855. The van der Waals surface area contributed by atoms with E-state index in [0.717, 1.165) is 46.2 Å². The van der Waals surface area contributed by atoms with Gasteiger partial charge in [0.1, 0.15) is 5.01 Å². The Bertz CT molecular complexity index is 1030. The summed E-state index contributed by atoms with van der Waals surface area (Å²) in [5, 5.41) is 2.97. The van der Waals surface area contributed by atoms with Crippen LogP contribution in [0, 0.1) is 0 Å². The topological polar surface area (TPSA) is 51.7 Å². The first kappa shape index (κ1) is 19.1. The molecule has 0 saturated heterocycles. The fourth-order valence-corrected chi connectivity index (χ4v) is 5.06. The normalized spacial score (nSPS) is 15.5. The lowest BCUT2D eigenvalue weighted by Crippen LogP contribution is -2.39. The van der Waals surface area contributed by atoms with Crippen molar-refractivity contribution in [2.75, 3.05) is 6.79 Å². The molecule has 2 aliphatic rings. The number of benzene rings is 2. The van der Waals surface area contributed by atoms with E-state index in [-0.39, 0.29) is 12.7 Å². The number of aromatic nitrogens is 1. The largest absolute Gasteiger partial charge is 0.454 e. The van der Waals surface area contributed by atoms with Gasteiger partial charge in [0.25, 0.3) is 0 Å². The molecular weight excluding hydrogens is 396 g/mol. The summed E-state index contributed by atoms with van der Waals surface area (Å²) in [5.74, 6) is 1.68. The Balaban J connectivity index is 1.33. The second-order valence-corrected chi connectivity index (χ2v) is 8.69. The number of hydrogen-bond donors (Lipinski definition) is 0. The molecule has 1 saturated carbocycles. The third-order valence-corrected chi connectivity index (χ3v) is 6.72. The summed E-state index contributed by atoms with van der Waals surface area (Å²) >= 11 is 1.59. The molecule has 1 amide bonds. The predicted molar refractivity (Wildman–Crippen MR) is 117 cm³/mol. The molecule has 0 unspecified atom stereocenters. The van der Waals surface area contributed by atoms with E-state index in [0.29, 0.717) is 19.0 Å². The number of nitrogens with zero attached hydrogens (tertiary/aromatic N) is 2. The van der Waals surface area contributed by atoms with E-state index in [1.807, 2.05) is 46.7 Å². The van der Waals surface area contributed by atoms with Gasteiger partial charge in [-0.2, -0.15) is 0 Å². The summed E-state index contributed by atoms with van der Waals surface area (Å²) < 4.78 is 10.9. The Morgan fingerprint density at radius 2 is 1.87 bits per heavy atom. The van der Waals surface area contributed by atoms with Crippen molar-refractivity contribution in [1.29, 1.82) is 0 Å². The number of rotatable bonds is 6. The van der Waals surface area contributed by atoms with Gasteiger partial charge in [0.15, 0.2) is 11.5 Å². The van der Waals surface area contributed by atoms with E-state index in [4.69, 9.17) is 14.5 Å². The van der Waals surface area contributed by atoms with Gasteiger partial charge >= 0.3 is 0 Å². The molecule has 30 heavy (non-hydrogen) atoms. The van der Waals surface area contributed by atoms with Gasteiger partial charge in [0, 0.05) is 23.5 Å². The minimum Gasteiger partial charge on any atom is -0.454 e. The maximum absolute atomic E-state index is 13.3. The minimum absolute atomic E-state index is 0.143. The van der Waals surface area contributed by atoms with Gasteiger partial charge in [-0.05, 0) is 30.5 Å². The quantitative estimate of drug-likeness (QED) is 0.560. The molecule has 2 aromatic carbocycles. The molecule has 2 heterocycles. The summed E-state index contributed by atoms with van der Waals surface area (Å²) in [6, 6.07) is 16.4. The molecule has 0 bridgehead atoms. The van der Waals surface area contributed by atoms with Crippen LogP contribution in [0.25, 0.3) is 10.6 Å². The van der Waals surface area contributed by atoms with Crippen LogP contribution >= 0.6 is 11.3 Å². The zero-order chi connectivity index (χ0) is 20.3. The van der Waals surface area contributed by atoms with Gasteiger partial charge in [-0.25, -0.2) is 4.98 Å². The molecule has 0 spiro atoms. The smallest absolute Gasteiger partial charge is 0.231 e. The van der Waals surface area contributed by atoms with E-state index in [2.05, 4.69) is 12.1 Å². The van der Waals surface area contributed by atoms with Crippen molar-refractivity contribution in [3.63, 3.8) is 0 Å². The van der Waals surface area contributed by atoms with Crippen LogP contribution in [0.4, 0.5) is 0 Å². The average molecular weight is 421 g/mol. The van der Waals surface area contributed by atoms with Crippen LogP contribution in [0.5, 0.6) is 11.5 Å². The first-order chi connectivity index (χ1) is 14.8. The standard InChI is InChI=1S/C24H24N2O3S/c27-23(13-19-15-30-24(25-19)18-6-2-1-3-7-18)26(20-8-4-5-9-20)14-17-10-11-21-22(12-17)29-16-28-21/h1-3,6-7,10-12,15,20H,4-5,8-9,13-14,16H2. The van der Waals surface area contributed by atoms with E-state index < -0.39 is 0 Å². The molecule has 3 aromatic rings. The maximum Gasteiger partial charge on any atom is 0.231 e. The number of thiazole rings is 1. The molecule has 1 aliphatic carbocycles. The van der Waals surface area contributed by atoms with Gasteiger partial charge in [-0.1, -0.05) is 49.2 Å². The highest BCUT2D eigenvalue weighted by molar-refractivity contribution is 7.13. The molecule has 5 nitrogen and oxygen atoms in total. The van der Waals surface area contributed by atoms with E-state index in [9.17, 15) is 4.79 Å². The summed E-state index contributed by atoms with van der Waals surface area (Å²) in [6.07, 6.45) is 4.85. The number of ether oxygens (including phenoxy) is 2. The second kappa shape index (κ2) is 8.48. The van der Waals surface area contributed by atoms with Crippen molar-refractivity contribution >= 4 is 17.2 Å². The number of fused-ring (bicyclic) bond motifs is 1. The Hall–Kier alpha value is -2.86. The number of carbonyl (C=O) groups is 1. The van der Waals surface area contributed by atoms with Gasteiger partial charge in [0.2, 0.25) is 12.7 Å². The Labute approximate surface area is 180 Å². The molecule has 0 radical (unpaired) electrons. The molecule has 1 aromatic heterocycles. The molecule has 154 valence electrons. The first-order valence-corrected chi connectivity index (χ1v) is 11.3. The van der Waals surface area contributed by atoms with E-state index >= 15 is 0 Å². The summed E-state index contributed by atoms with van der Waals surface area (Å²) in [7, 11) is 0. The third kappa shape index (κ3) is 4.05.